The highest BCUT2D eigenvalue weighted by Crippen LogP contribution is 2.22. The number of benzene rings is 1. The van der Waals surface area contributed by atoms with Crippen LogP contribution in [0, 0.1) is 6.92 Å². The number of aromatic nitrogens is 2. The fourth-order valence-corrected chi connectivity index (χ4v) is 2.95. The SMILES string of the molecule is Cc1ccnn1CCC(=O)N1CCNC[C@H]1c1ccccc1. The highest BCUT2D eigenvalue weighted by molar-refractivity contribution is 5.76. The molecule has 1 saturated heterocycles. The molecule has 5 heteroatoms. The Labute approximate surface area is 130 Å². The lowest BCUT2D eigenvalue weighted by Gasteiger charge is -2.36. The molecule has 1 aliphatic heterocycles. The smallest absolute Gasteiger partial charge is 0.225 e. The van der Waals surface area contributed by atoms with E-state index >= 15 is 0 Å². The van der Waals surface area contributed by atoms with Crippen LogP contribution in [0.2, 0.25) is 0 Å². The second kappa shape index (κ2) is 6.75. The molecule has 0 aliphatic carbocycles. The normalized spacial score (nSPS) is 18.4. The summed E-state index contributed by atoms with van der Waals surface area (Å²) in [7, 11) is 0. The summed E-state index contributed by atoms with van der Waals surface area (Å²) in [6.07, 6.45) is 2.27. The van der Waals surface area contributed by atoms with Crippen LogP contribution in [0.5, 0.6) is 0 Å². The Morgan fingerprint density at radius 3 is 2.86 bits per heavy atom. The summed E-state index contributed by atoms with van der Waals surface area (Å²) in [4.78, 5) is 14.6. The number of amides is 1. The van der Waals surface area contributed by atoms with Gasteiger partial charge in [-0.05, 0) is 18.6 Å². The van der Waals surface area contributed by atoms with Crippen LogP contribution in [-0.2, 0) is 11.3 Å². The molecule has 5 nitrogen and oxygen atoms in total. The zero-order valence-electron chi connectivity index (χ0n) is 12.9. The van der Waals surface area contributed by atoms with Gasteiger partial charge < -0.3 is 10.2 Å². The quantitative estimate of drug-likeness (QED) is 0.935. The molecular formula is C17H22N4O. The molecule has 2 heterocycles. The number of piperazine rings is 1. The summed E-state index contributed by atoms with van der Waals surface area (Å²) in [5.41, 5.74) is 2.28. The van der Waals surface area contributed by atoms with Crippen LogP contribution in [0.1, 0.15) is 23.7 Å². The molecule has 1 aliphatic rings. The zero-order chi connectivity index (χ0) is 15.4. The van der Waals surface area contributed by atoms with Gasteiger partial charge in [0, 0.05) is 44.5 Å². The number of rotatable bonds is 4. The minimum Gasteiger partial charge on any atom is -0.333 e. The molecule has 116 valence electrons. The van der Waals surface area contributed by atoms with E-state index in [-0.39, 0.29) is 11.9 Å². The van der Waals surface area contributed by atoms with Crippen LogP contribution in [0.4, 0.5) is 0 Å². The van der Waals surface area contributed by atoms with E-state index in [0.717, 1.165) is 25.3 Å². The third kappa shape index (κ3) is 3.20. The third-order valence-electron chi connectivity index (χ3n) is 4.21. The van der Waals surface area contributed by atoms with Gasteiger partial charge in [0.2, 0.25) is 5.91 Å². The minimum atomic E-state index is 0.126. The Morgan fingerprint density at radius 2 is 2.14 bits per heavy atom. The van der Waals surface area contributed by atoms with E-state index in [1.807, 2.05) is 40.8 Å². The molecule has 1 fully saturated rings. The topological polar surface area (TPSA) is 50.2 Å². The van der Waals surface area contributed by atoms with Gasteiger partial charge in [-0.1, -0.05) is 30.3 Å². The Morgan fingerprint density at radius 1 is 1.32 bits per heavy atom. The van der Waals surface area contributed by atoms with Gasteiger partial charge in [-0.25, -0.2) is 0 Å². The lowest BCUT2D eigenvalue weighted by atomic mass is 10.0. The summed E-state index contributed by atoms with van der Waals surface area (Å²) < 4.78 is 1.89. The van der Waals surface area contributed by atoms with Crippen molar-refractivity contribution in [2.45, 2.75) is 25.9 Å². The maximum absolute atomic E-state index is 12.6. The maximum atomic E-state index is 12.6. The van der Waals surface area contributed by atoms with Crippen LogP contribution in [0.15, 0.2) is 42.6 Å². The van der Waals surface area contributed by atoms with E-state index in [4.69, 9.17) is 0 Å². The first-order valence-electron chi connectivity index (χ1n) is 7.79. The van der Waals surface area contributed by atoms with Crippen molar-refractivity contribution >= 4 is 5.91 Å². The highest BCUT2D eigenvalue weighted by atomic mass is 16.2. The van der Waals surface area contributed by atoms with Crippen molar-refractivity contribution in [1.82, 2.24) is 20.0 Å². The van der Waals surface area contributed by atoms with Gasteiger partial charge in [0.15, 0.2) is 0 Å². The molecule has 2 aromatic rings. The average molecular weight is 298 g/mol. The standard InChI is InChI=1S/C17H22N4O/c1-14-7-9-19-21(14)11-8-17(22)20-12-10-18-13-16(20)15-5-3-2-4-6-15/h2-7,9,16,18H,8,10-13H2,1H3/t16-/m0/s1. The summed E-state index contributed by atoms with van der Waals surface area (Å²) in [6, 6.07) is 12.3. The highest BCUT2D eigenvalue weighted by Gasteiger charge is 2.27. The van der Waals surface area contributed by atoms with Crippen molar-refractivity contribution in [2.75, 3.05) is 19.6 Å². The molecule has 22 heavy (non-hydrogen) atoms. The third-order valence-corrected chi connectivity index (χ3v) is 4.21. The van der Waals surface area contributed by atoms with E-state index < -0.39 is 0 Å². The molecule has 0 saturated carbocycles. The van der Waals surface area contributed by atoms with Crippen molar-refractivity contribution in [2.24, 2.45) is 0 Å². The molecule has 0 radical (unpaired) electrons. The number of hydrogen-bond donors (Lipinski definition) is 1. The van der Waals surface area contributed by atoms with Crippen molar-refractivity contribution < 1.29 is 4.79 Å². The fourth-order valence-electron chi connectivity index (χ4n) is 2.95. The zero-order valence-corrected chi connectivity index (χ0v) is 12.9. The first-order chi connectivity index (χ1) is 10.8. The first-order valence-corrected chi connectivity index (χ1v) is 7.79. The average Bonchev–Trinajstić information content (AvgIpc) is 2.98. The predicted octanol–water partition coefficient (Wildman–Crippen LogP) is 1.75. The van der Waals surface area contributed by atoms with E-state index in [1.54, 1.807) is 6.20 Å². The van der Waals surface area contributed by atoms with Gasteiger partial charge in [0.1, 0.15) is 0 Å². The minimum absolute atomic E-state index is 0.126. The molecule has 1 aromatic heterocycles. The van der Waals surface area contributed by atoms with Crippen molar-refractivity contribution in [3.05, 3.63) is 53.9 Å². The molecule has 1 aromatic carbocycles. The van der Waals surface area contributed by atoms with Crippen LogP contribution in [-0.4, -0.2) is 40.2 Å². The molecule has 1 atom stereocenters. The number of aryl methyl sites for hydroxylation is 2. The molecular weight excluding hydrogens is 276 g/mol. The van der Waals surface area contributed by atoms with Gasteiger partial charge in [-0.2, -0.15) is 5.10 Å². The monoisotopic (exact) mass is 298 g/mol. The van der Waals surface area contributed by atoms with Crippen LogP contribution >= 0.6 is 0 Å². The van der Waals surface area contributed by atoms with Gasteiger partial charge in [-0.15, -0.1) is 0 Å². The lowest BCUT2D eigenvalue weighted by molar-refractivity contribution is -0.134. The first kappa shape index (κ1) is 14.8. The van der Waals surface area contributed by atoms with Gasteiger partial charge in [0.05, 0.1) is 6.04 Å². The van der Waals surface area contributed by atoms with E-state index in [0.29, 0.717) is 13.0 Å². The molecule has 1 N–H and O–H groups in total. The summed E-state index contributed by atoms with van der Waals surface area (Å²) >= 11 is 0. The van der Waals surface area contributed by atoms with Gasteiger partial charge >= 0.3 is 0 Å². The summed E-state index contributed by atoms with van der Waals surface area (Å²) in [6.45, 7) is 5.08. The van der Waals surface area contributed by atoms with E-state index in [2.05, 4.69) is 22.5 Å². The number of nitrogens with zero attached hydrogens (tertiary/aromatic N) is 3. The number of hydrogen-bond acceptors (Lipinski definition) is 3. The van der Waals surface area contributed by atoms with E-state index in [9.17, 15) is 4.79 Å². The second-order valence-corrected chi connectivity index (χ2v) is 5.66. The molecule has 0 bridgehead atoms. The van der Waals surface area contributed by atoms with Crippen molar-refractivity contribution in [3.63, 3.8) is 0 Å². The largest absolute Gasteiger partial charge is 0.333 e. The second-order valence-electron chi connectivity index (χ2n) is 5.66. The number of nitrogens with one attached hydrogen (secondary N) is 1. The Bertz CT molecular complexity index is 623. The molecule has 0 unspecified atom stereocenters. The summed E-state index contributed by atoms with van der Waals surface area (Å²) in [5, 5.41) is 7.63. The Kier molecular flexibility index (Phi) is 4.53. The summed E-state index contributed by atoms with van der Waals surface area (Å²) in [5.74, 6) is 0.199. The molecule has 0 spiro atoms. The lowest BCUT2D eigenvalue weighted by Crippen LogP contribution is -2.48. The number of carbonyl (C=O) groups excluding carboxylic acids is 1. The van der Waals surface area contributed by atoms with E-state index in [1.165, 1.54) is 5.56 Å². The number of carbonyl (C=O) groups is 1. The Hall–Kier alpha value is -2.14. The van der Waals surface area contributed by atoms with Crippen LogP contribution < -0.4 is 5.32 Å². The van der Waals surface area contributed by atoms with Crippen molar-refractivity contribution in [1.29, 1.82) is 0 Å². The molecule has 1 amide bonds. The van der Waals surface area contributed by atoms with Crippen LogP contribution in [0.3, 0.4) is 0 Å². The Balaban J connectivity index is 1.68. The van der Waals surface area contributed by atoms with Crippen molar-refractivity contribution in [3.8, 4) is 0 Å². The van der Waals surface area contributed by atoms with Gasteiger partial charge in [0.25, 0.3) is 0 Å². The fraction of sp³-hybridized carbons (Fsp3) is 0.412. The molecule has 3 rings (SSSR count). The predicted molar refractivity (Wildman–Crippen MR) is 85.3 cm³/mol. The maximum Gasteiger partial charge on any atom is 0.225 e. The van der Waals surface area contributed by atoms with Crippen LogP contribution in [0.25, 0.3) is 0 Å². The van der Waals surface area contributed by atoms with Gasteiger partial charge in [-0.3, -0.25) is 9.48 Å².